The smallest absolute Gasteiger partial charge is 0.429 e. The SMILES string of the molecule is Nc1nc(OC(c2ccc(Cl)cc2-n2ncc3ccccc32)C(F)(F)F)cc(N2CCC3(CC2)CN[C@H](C(=O)O)C3)n1. The van der Waals surface area contributed by atoms with Gasteiger partial charge in [0.25, 0.3) is 0 Å². The molecule has 220 valence electrons. The third-order valence-electron chi connectivity index (χ3n) is 8.03. The Morgan fingerprint density at radius 2 is 1.93 bits per heavy atom. The highest BCUT2D eigenvalue weighted by Gasteiger charge is 2.46. The average Bonchev–Trinajstić information content (AvgIpc) is 3.56. The Morgan fingerprint density at radius 1 is 1.17 bits per heavy atom. The monoisotopic (exact) mass is 601 g/mol. The van der Waals surface area contributed by atoms with E-state index >= 15 is 0 Å². The van der Waals surface area contributed by atoms with Crippen molar-refractivity contribution in [1.29, 1.82) is 0 Å². The molecule has 2 saturated heterocycles. The third kappa shape index (κ3) is 5.41. The molecule has 10 nitrogen and oxygen atoms in total. The van der Waals surface area contributed by atoms with Crippen molar-refractivity contribution in [2.75, 3.05) is 30.3 Å². The van der Waals surface area contributed by atoms with Crippen LogP contribution in [0.5, 0.6) is 5.88 Å². The van der Waals surface area contributed by atoms with Crippen LogP contribution in [0.3, 0.4) is 0 Å². The number of nitrogens with two attached hydrogens (primary N) is 1. The van der Waals surface area contributed by atoms with Crippen LogP contribution in [0, 0.1) is 5.41 Å². The maximum atomic E-state index is 14.6. The quantitative estimate of drug-likeness (QED) is 0.286. The minimum atomic E-state index is -4.83. The van der Waals surface area contributed by atoms with E-state index in [0.717, 1.165) is 5.39 Å². The number of alkyl halides is 3. The number of aromatic nitrogens is 4. The van der Waals surface area contributed by atoms with Crippen LogP contribution in [0.2, 0.25) is 5.02 Å². The first-order valence-corrected chi connectivity index (χ1v) is 13.7. The number of rotatable bonds is 6. The van der Waals surface area contributed by atoms with Crippen molar-refractivity contribution in [2.24, 2.45) is 5.41 Å². The summed E-state index contributed by atoms with van der Waals surface area (Å²) < 4.78 is 50.8. The summed E-state index contributed by atoms with van der Waals surface area (Å²) >= 11 is 6.22. The number of para-hydroxylation sites is 1. The van der Waals surface area contributed by atoms with Crippen molar-refractivity contribution in [1.82, 2.24) is 25.1 Å². The fourth-order valence-corrected chi connectivity index (χ4v) is 6.01. The number of benzene rings is 2. The van der Waals surface area contributed by atoms with Crippen LogP contribution >= 0.6 is 11.6 Å². The molecular weight excluding hydrogens is 575 g/mol. The van der Waals surface area contributed by atoms with E-state index in [4.69, 9.17) is 22.1 Å². The molecule has 14 heteroatoms. The van der Waals surface area contributed by atoms with Crippen molar-refractivity contribution >= 4 is 40.2 Å². The topological polar surface area (TPSA) is 131 Å². The Morgan fingerprint density at radius 3 is 2.64 bits per heavy atom. The van der Waals surface area contributed by atoms with Gasteiger partial charge in [0.05, 0.1) is 17.4 Å². The normalized spacial score (nSPS) is 19.3. The van der Waals surface area contributed by atoms with E-state index in [-0.39, 0.29) is 33.5 Å². The number of hydrogen-bond donors (Lipinski definition) is 3. The van der Waals surface area contributed by atoms with Crippen LogP contribution in [0.15, 0.2) is 54.7 Å². The summed E-state index contributed by atoms with van der Waals surface area (Å²) in [6.07, 6.45) is -3.77. The lowest BCUT2D eigenvalue weighted by molar-refractivity contribution is -0.198. The molecule has 0 amide bonds. The van der Waals surface area contributed by atoms with Gasteiger partial charge < -0.3 is 25.8 Å². The molecule has 0 bridgehead atoms. The molecule has 2 fully saturated rings. The molecule has 2 aromatic carbocycles. The van der Waals surface area contributed by atoms with Crippen LogP contribution in [-0.2, 0) is 4.79 Å². The van der Waals surface area contributed by atoms with E-state index in [1.54, 1.807) is 18.3 Å². The number of halogens is 4. The van der Waals surface area contributed by atoms with Crippen molar-refractivity contribution < 1.29 is 27.8 Å². The number of anilines is 2. The number of nitrogen functional groups attached to an aromatic ring is 1. The van der Waals surface area contributed by atoms with Crippen molar-refractivity contribution in [3.05, 3.63) is 65.3 Å². The van der Waals surface area contributed by atoms with Crippen LogP contribution in [0.25, 0.3) is 16.6 Å². The predicted molar refractivity (Wildman–Crippen MR) is 150 cm³/mol. The number of fused-ring (bicyclic) bond motifs is 1. The molecule has 2 aromatic heterocycles. The van der Waals surface area contributed by atoms with Crippen LogP contribution in [0.1, 0.15) is 30.9 Å². The minimum absolute atomic E-state index is 0.111. The van der Waals surface area contributed by atoms with Gasteiger partial charge in [-0.3, -0.25) is 4.79 Å². The van der Waals surface area contributed by atoms with E-state index in [9.17, 15) is 23.1 Å². The van der Waals surface area contributed by atoms with Gasteiger partial charge in [0.15, 0.2) is 0 Å². The standard InChI is InChI=1S/C28H27ClF3N7O3/c29-17-5-6-18(21(11-17)39-20-4-2-1-3-16(20)14-35-39)24(28(30,31)32)42-23-12-22(36-26(33)37-23)38-9-7-27(8-10-38)13-19(25(40)41)34-15-27/h1-6,11-12,14,19,24,34H,7-10,13,15H2,(H,40,41)(H2,33,36,37)/t19-,24?/m0/s1. The van der Waals surface area contributed by atoms with Gasteiger partial charge in [-0.25, -0.2) is 4.68 Å². The summed E-state index contributed by atoms with van der Waals surface area (Å²) in [5, 5.41) is 17.7. The molecule has 0 saturated carbocycles. The fraction of sp³-hybridized carbons (Fsp3) is 0.357. The Balaban J connectivity index is 1.29. The number of ether oxygens (including phenoxy) is 1. The molecule has 0 aliphatic carbocycles. The summed E-state index contributed by atoms with van der Waals surface area (Å²) in [5.74, 6) is -1.10. The van der Waals surface area contributed by atoms with E-state index in [2.05, 4.69) is 20.4 Å². The highest BCUT2D eigenvalue weighted by Crippen LogP contribution is 2.42. The minimum Gasteiger partial charge on any atom is -0.480 e. The summed E-state index contributed by atoms with van der Waals surface area (Å²) in [4.78, 5) is 21.5. The van der Waals surface area contributed by atoms with Crippen LogP contribution in [0.4, 0.5) is 24.9 Å². The first kappa shape index (κ1) is 28.0. The van der Waals surface area contributed by atoms with Gasteiger partial charge in [0, 0.05) is 41.7 Å². The largest absolute Gasteiger partial charge is 0.480 e. The number of nitrogens with one attached hydrogen (secondary N) is 1. The molecule has 0 radical (unpaired) electrons. The number of nitrogens with zero attached hydrogens (tertiary/aromatic N) is 5. The van der Waals surface area contributed by atoms with E-state index in [1.807, 2.05) is 17.0 Å². The fourth-order valence-electron chi connectivity index (χ4n) is 5.85. The number of carbonyl (C=O) groups is 1. The molecule has 6 rings (SSSR count). The third-order valence-corrected chi connectivity index (χ3v) is 8.26. The first-order chi connectivity index (χ1) is 20.0. The summed E-state index contributed by atoms with van der Waals surface area (Å²) in [5.41, 5.74) is 6.28. The molecule has 2 atom stereocenters. The van der Waals surface area contributed by atoms with E-state index < -0.39 is 24.3 Å². The van der Waals surface area contributed by atoms with Gasteiger partial charge >= 0.3 is 12.1 Å². The maximum absolute atomic E-state index is 14.6. The number of hydrogen-bond acceptors (Lipinski definition) is 8. The predicted octanol–water partition coefficient (Wildman–Crippen LogP) is 4.77. The van der Waals surface area contributed by atoms with Gasteiger partial charge in [-0.2, -0.15) is 28.2 Å². The lowest BCUT2D eigenvalue weighted by Crippen LogP contribution is -2.41. The van der Waals surface area contributed by atoms with Gasteiger partial charge in [-0.1, -0.05) is 35.9 Å². The second-order valence-electron chi connectivity index (χ2n) is 10.7. The average molecular weight is 602 g/mol. The summed E-state index contributed by atoms with van der Waals surface area (Å²) in [6.45, 7) is 1.65. The van der Waals surface area contributed by atoms with Crippen molar-refractivity contribution in [2.45, 2.75) is 37.6 Å². The lowest BCUT2D eigenvalue weighted by Gasteiger charge is -2.39. The highest BCUT2D eigenvalue weighted by molar-refractivity contribution is 6.30. The Bertz CT molecular complexity index is 1640. The molecule has 4 N–H and O–H groups in total. The van der Waals surface area contributed by atoms with Gasteiger partial charge in [-0.15, -0.1) is 0 Å². The van der Waals surface area contributed by atoms with Crippen LogP contribution in [-0.4, -0.2) is 62.7 Å². The Hall–Kier alpha value is -4.10. The first-order valence-electron chi connectivity index (χ1n) is 13.3. The molecular formula is C28H27ClF3N7O3. The number of aliphatic carboxylic acids is 1. The number of carboxylic acids is 1. The maximum Gasteiger partial charge on any atom is 0.429 e. The molecule has 2 aliphatic rings. The van der Waals surface area contributed by atoms with Gasteiger partial charge in [0.1, 0.15) is 11.9 Å². The summed E-state index contributed by atoms with van der Waals surface area (Å²) in [7, 11) is 0. The van der Waals surface area contributed by atoms with Crippen LogP contribution < -0.4 is 20.7 Å². The summed E-state index contributed by atoms with van der Waals surface area (Å²) in [6, 6.07) is 11.9. The highest BCUT2D eigenvalue weighted by atomic mass is 35.5. The zero-order chi connectivity index (χ0) is 29.6. The van der Waals surface area contributed by atoms with Crippen molar-refractivity contribution in [3.63, 3.8) is 0 Å². The number of carboxylic acid groups (broad SMARTS) is 1. The van der Waals surface area contributed by atoms with E-state index in [0.29, 0.717) is 50.2 Å². The zero-order valence-corrected chi connectivity index (χ0v) is 22.9. The Labute approximate surface area is 243 Å². The molecule has 4 aromatic rings. The molecule has 1 spiro atoms. The molecule has 42 heavy (non-hydrogen) atoms. The second kappa shape index (κ2) is 10.6. The van der Waals surface area contributed by atoms with E-state index in [1.165, 1.54) is 28.9 Å². The zero-order valence-electron chi connectivity index (χ0n) is 22.2. The lowest BCUT2D eigenvalue weighted by atomic mass is 9.76. The van der Waals surface area contributed by atoms with Crippen molar-refractivity contribution in [3.8, 4) is 11.6 Å². The number of piperidine rings is 1. The molecule has 2 aliphatic heterocycles. The second-order valence-corrected chi connectivity index (χ2v) is 11.2. The Kier molecular flexibility index (Phi) is 7.09. The van der Waals surface area contributed by atoms with Gasteiger partial charge in [0.2, 0.25) is 17.9 Å². The van der Waals surface area contributed by atoms with Gasteiger partial charge in [-0.05, 0) is 42.9 Å². The molecule has 1 unspecified atom stereocenters. The molecule has 4 heterocycles.